The van der Waals surface area contributed by atoms with Crippen LogP contribution >= 0.6 is 0 Å². The zero-order valence-corrected chi connectivity index (χ0v) is 11.5. The van der Waals surface area contributed by atoms with E-state index in [-0.39, 0.29) is 6.04 Å². The van der Waals surface area contributed by atoms with Crippen LogP contribution in [-0.2, 0) is 11.2 Å². The van der Waals surface area contributed by atoms with E-state index in [9.17, 15) is 0 Å². The van der Waals surface area contributed by atoms with Gasteiger partial charge in [-0.15, -0.1) is 0 Å². The fourth-order valence-electron chi connectivity index (χ4n) is 2.79. The third-order valence-electron chi connectivity index (χ3n) is 3.77. The van der Waals surface area contributed by atoms with Crippen LogP contribution in [0, 0.1) is 5.92 Å². The minimum atomic E-state index is 0.110. The molecule has 102 valence electrons. The van der Waals surface area contributed by atoms with E-state index < -0.39 is 0 Å². The molecule has 0 aliphatic carbocycles. The van der Waals surface area contributed by atoms with Crippen molar-refractivity contribution in [2.24, 2.45) is 11.7 Å². The van der Waals surface area contributed by atoms with Gasteiger partial charge in [0.05, 0.1) is 6.10 Å². The van der Waals surface area contributed by atoms with Crippen LogP contribution in [0.5, 0.6) is 0 Å². The summed E-state index contributed by atoms with van der Waals surface area (Å²) in [5.74, 6) is 1.44. The van der Waals surface area contributed by atoms with E-state index in [2.05, 4.69) is 30.9 Å². The molecule has 1 aromatic heterocycles. The molecular formula is C13H24N4O. The van der Waals surface area contributed by atoms with Crippen molar-refractivity contribution in [3.05, 3.63) is 12.2 Å². The number of nitrogens with two attached hydrogens (primary N) is 1. The maximum absolute atomic E-state index is 6.34. The summed E-state index contributed by atoms with van der Waals surface area (Å²) in [6.07, 6.45) is 4.81. The second-order valence-electron chi connectivity index (χ2n) is 5.35. The monoisotopic (exact) mass is 252 g/mol. The highest BCUT2D eigenvalue weighted by molar-refractivity contribution is 4.95. The van der Waals surface area contributed by atoms with Gasteiger partial charge in [-0.05, 0) is 26.7 Å². The molecule has 0 spiro atoms. The minimum Gasteiger partial charge on any atom is -0.378 e. The van der Waals surface area contributed by atoms with Crippen molar-refractivity contribution in [2.45, 2.75) is 58.2 Å². The Bertz CT molecular complexity index is 377. The van der Waals surface area contributed by atoms with Crippen LogP contribution in [0.2, 0.25) is 0 Å². The number of nitrogens with zero attached hydrogens (tertiary/aromatic N) is 3. The Hall–Kier alpha value is -0.940. The molecule has 2 heterocycles. The summed E-state index contributed by atoms with van der Waals surface area (Å²) in [7, 11) is 0. The topological polar surface area (TPSA) is 66.0 Å². The minimum absolute atomic E-state index is 0.110. The summed E-state index contributed by atoms with van der Waals surface area (Å²) in [6.45, 7) is 7.22. The highest BCUT2D eigenvalue weighted by atomic mass is 16.5. The van der Waals surface area contributed by atoms with Crippen molar-refractivity contribution in [1.29, 1.82) is 0 Å². The van der Waals surface area contributed by atoms with Crippen molar-refractivity contribution in [1.82, 2.24) is 14.8 Å². The van der Waals surface area contributed by atoms with Gasteiger partial charge in [-0.2, -0.15) is 5.10 Å². The van der Waals surface area contributed by atoms with Crippen molar-refractivity contribution in [2.75, 3.05) is 6.61 Å². The molecule has 2 rings (SSSR count). The van der Waals surface area contributed by atoms with E-state index in [0.717, 1.165) is 31.7 Å². The van der Waals surface area contributed by atoms with Crippen LogP contribution in [0.1, 0.15) is 45.5 Å². The maximum atomic E-state index is 6.34. The molecule has 0 saturated carbocycles. The molecule has 5 heteroatoms. The summed E-state index contributed by atoms with van der Waals surface area (Å²) < 4.78 is 7.66. The molecule has 1 fully saturated rings. The fraction of sp³-hybridized carbons (Fsp3) is 0.846. The summed E-state index contributed by atoms with van der Waals surface area (Å²) in [4.78, 5) is 4.33. The van der Waals surface area contributed by atoms with E-state index in [1.54, 1.807) is 6.33 Å². The quantitative estimate of drug-likeness (QED) is 0.863. The summed E-state index contributed by atoms with van der Waals surface area (Å²) >= 11 is 0. The highest BCUT2D eigenvalue weighted by Crippen LogP contribution is 2.27. The number of hydrogen-bond acceptors (Lipinski definition) is 4. The average Bonchev–Trinajstić information content (AvgIpc) is 2.96. The lowest BCUT2D eigenvalue weighted by atomic mass is 9.90. The number of rotatable bonds is 5. The number of hydrogen-bond donors (Lipinski definition) is 1. The first kappa shape index (κ1) is 13.5. The van der Waals surface area contributed by atoms with Crippen molar-refractivity contribution in [3.63, 3.8) is 0 Å². The molecule has 3 unspecified atom stereocenters. The average molecular weight is 252 g/mol. The normalized spacial score (nSPS) is 25.8. The maximum Gasteiger partial charge on any atom is 0.138 e. The molecule has 1 aliphatic heterocycles. The van der Waals surface area contributed by atoms with Gasteiger partial charge >= 0.3 is 0 Å². The first-order chi connectivity index (χ1) is 8.63. The standard InChI is InChI=1S/C13H24N4O/c1-4-12-10(5-6-18-12)11(14)7-13-15-8-16-17(13)9(2)3/h8-12H,4-7,14H2,1-3H3. The Labute approximate surface area is 109 Å². The van der Waals surface area contributed by atoms with Gasteiger partial charge < -0.3 is 10.5 Å². The molecule has 3 atom stereocenters. The van der Waals surface area contributed by atoms with Crippen molar-refractivity contribution < 1.29 is 4.74 Å². The van der Waals surface area contributed by atoms with Crippen LogP contribution in [0.25, 0.3) is 0 Å². The summed E-state index contributed by atoms with van der Waals surface area (Å²) in [5.41, 5.74) is 6.34. The molecule has 2 N–H and O–H groups in total. The van der Waals surface area contributed by atoms with Crippen LogP contribution < -0.4 is 5.73 Å². The van der Waals surface area contributed by atoms with Gasteiger partial charge in [0, 0.05) is 31.0 Å². The third kappa shape index (κ3) is 2.72. The van der Waals surface area contributed by atoms with Crippen LogP contribution in [0.15, 0.2) is 6.33 Å². The molecule has 1 saturated heterocycles. The second kappa shape index (κ2) is 5.80. The SMILES string of the molecule is CCC1OCCC1C(N)Cc1ncnn1C(C)C. The van der Waals surface area contributed by atoms with Gasteiger partial charge in [0.2, 0.25) is 0 Å². The number of aromatic nitrogens is 3. The Balaban J connectivity index is 2.02. The van der Waals surface area contributed by atoms with Gasteiger partial charge in [-0.1, -0.05) is 6.92 Å². The van der Waals surface area contributed by atoms with Gasteiger partial charge in [0.25, 0.3) is 0 Å². The highest BCUT2D eigenvalue weighted by Gasteiger charge is 2.32. The van der Waals surface area contributed by atoms with Crippen LogP contribution in [0.4, 0.5) is 0 Å². The Morgan fingerprint density at radius 2 is 2.33 bits per heavy atom. The summed E-state index contributed by atoms with van der Waals surface area (Å²) in [6, 6.07) is 0.440. The molecule has 1 aromatic rings. The zero-order valence-electron chi connectivity index (χ0n) is 11.5. The molecule has 0 radical (unpaired) electrons. The largest absolute Gasteiger partial charge is 0.378 e. The van der Waals surface area contributed by atoms with Crippen LogP contribution in [0.3, 0.4) is 0 Å². The van der Waals surface area contributed by atoms with Gasteiger partial charge in [0.15, 0.2) is 0 Å². The van der Waals surface area contributed by atoms with Crippen molar-refractivity contribution >= 4 is 0 Å². The predicted octanol–water partition coefficient (Wildman–Crippen LogP) is 1.54. The molecule has 0 aromatic carbocycles. The Kier molecular flexibility index (Phi) is 4.35. The second-order valence-corrected chi connectivity index (χ2v) is 5.35. The molecular weight excluding hydrogens is 228 g/mol. The molecule has 1 aliphatic rings. The lowest BCUT2D eigenvalue weighted by Gasteiger charge is -2.23. The van der Waals surface area contributed by atoms with Crippen LogP contribution in [-0.4, -0.2) is 33.5 Å². The molecule has 0 amide bonds. The van der Waals surface area contributed by atoms with E-state index in [0.29, 0.717) is 18.1 Å². The van der Waals surface area contributed by atoms with E-state index in [1.165, 1.54) is 0 Å². The Morgan fingerprint density at radius 1 is 1.56 bits per heavy atom. The fourth-order valence-corrected chi connectivity index (χ4v) is 2.79. The summed E-state index contributed by atoms with van der Waals surface area (Å²) in [5, 5.41) is 4.25. The van der Waals surface area contributed by atoms with Gasteiger partial charge in [-0.25, -0.2) is 9.67 Å². The first-order valence-electron chi connectivity index (χ1n) is 6.89. The molecule has 0 bridgehead atoms. The lowest BCUT2D eigenvalue weighted by Crippen LogP contribution is -2.37. The molecule has 5 nitrogen and oxygen atoms in total. The third-order valence-corrected chi connectivity index (χ3v) is 3.77. The zero-order chi connectivity index (χ0) is 13.1. The molecule has 18 heavy (non-hydrogen) atoms. The Morgan fingerprint density at radius 3 is 3.00 bits per heavy atom. The smallest absolute Gasteiger partial charge is 0.138 e. The van der Waals surface area contributed by atoms with E-state index in [1.807, 2.05) is 4.68 Å². The van der Waals surface area contributed by atoms with Gasteiger partial charge in [-0.3, -0.25) is 0 Å². The number of ether oxygens (including phenoxy) is 1. The first-order valence-corrected chi connectivity index (χ1v) is 6.89. The van der Waals surface area contributed by atoms with E-state index in [4.69, 9.17) is 10.5 Å². The van der Waals surface area contributed by atoms with E-state index >= 15 is 0 Å². The lowest BCUT2D eigenvalue weighted by molar-refractivity contribution is 0.0811. The van der Waals surface area contributed by atoms with Gasteiger partial charge in [0.1, 0.15) is 12.2 Å². The van der Waals surface area contributed by atoms with Crippen molar-refractivity contribution in [3.8, 4) is 0 Å². The predicted molar refractivity (Wildman–Crippen MR) is 70.2 cm³/mol.